The maximum absolute atomic E-state index is 12.0. The van der Waals surface area contributed by atoms with Crippen LogP contribution in [-0.2, 0) is 0 Å². The highest BCUT2D eigenvalue weighted by atomic mass is 32.2. The summed E-state index contributed by atoms with van der Waals surface area (Å²) in [5.74, 6) is 0.205. The van der Waals surface area contributed by atoms with Crippen LogP contribution in [0.4, 0.5) is 0 Å². The minimum Gasteiger partial charge on any atom is -0.299 e. The fourth-order valence-corrected chi connectivity index (χ4v) is 2.03. The van der Waals surface area contributed by atoms with E-state index in [0.29, 0.717) is 6.54 Å². The lowest BCUT2D eigenvalue weighted by atomic mass is 10.1. The molecule has 0 fully saturated rings. The van der Waals surface area contributed by atoms with E-state index in [-0.39, 0.29) is 5.78 Å². The largest absolute Gasteiger partial charge is 0.299 e. The van der Waals surface area contributed by atoms with Crippen LogP contribution < -0.4 is 0 Å². The van der Waals surface area contributed by atoms with Gasteiger partial charge in [-0.3, -0.25) is 9.69 Å². The first-order valence-corrected chi connectivity index (χ1v) is 7.25. The van der Waals surface area contributed by atoms with E-state index in [0.717, 1.165) is 18.5 Å². The topological polar surface area (TPSA) is 20.3 Å². The van der Waals surface area contributed by atoms with Crippen LogP contribution in [-0.4, -0.2) is 37.1 Å². The number of carbonyl (C=O) groups excluding carboxylic acids is 1. The highest BCUT2D eigenvalue weighted by molar-refractivity contribution is 7.98. The van der Waals surface area contributed by atoms with Gasteiger partial charge in [-0.2, -0.15) is 0 Å². The van der Waals surface area contributed by atoms with E-state index in [4.69, 9.17) is 0 Å². The molecule has 0 bridgehead atoms. The summed E-state index contributed by atoms with van der Waals surface area (Å²) in [6, 6.07) is 7.84. The van der Waals surface area contributed by atoms with Crippen LogP contribution in [0.3, 0.4) is 0 Å². The Kier molecular flexibility index (Phi) is 6.30. The lowest BCUT2D eigenvalue weighted by Crippen LogP contribution is -2.26. The maximum Gasteiger partial charge on any atom is 0.176 e. The van der Waals surface area contributed by atoms with Gasteiger partial charge in [-0.15, -0.1) is 11.8 Å². The Bertz CT molecular complexity index is 348. The second kappa shape index (κ2) is 7.51. The molecule has 0 atom stereocenters. The SMILES string of the molecule is CCCCN(C)CC(=O)c1ccc(SC)cc1. The number of benzene rings is 1. The van der Waals surface area contributed by atoms with Crippen molar-refractivity contribution in [2.75, 3.05) is 26.4 Å². The molecule has 0 radical (unpaired) electrons. The van der Waals surface area contributed by atoms with Gasteiger partial charge < -0.3 is 0 Å². The van der Waals surface area contributed by atoms with E-state index in [1.54, 1.807) is 11.8 Å². The molecule has 0 amide bonds. The minimum absolute atomic E-state index is 0.205. The Morgan fingerprint density at radius 1 is 1.29 bits per heavy atom. The monoisotopic (exact) mass is 251 g/mol. The molecule has 0 N–H and O–H groups in total. The summed E-state index contributed by atoms with van der Waals surface area (Å²) in [6.45, 7) is 3.67. The van der Waals surface area contributed by atoms with Gasteiger partial charge >= 0.3 is 0 Å². The number of carbonyl (C=O) groups is 1. The average Bonchev–Trinajstić information content (AvgIpc) is 2.36. The molecular weight excluding hydrogens is 230 g/mol. The number of hydrogen-bond donors (Lipinski definition) is 0. The summed E-state index contributed by atoms with van der Waals surface area (Å²) in [5.41, 5.74) is 0.811. The first-order chi connectivity index (χ1) is 8.17. The Morgan fingerprint density at radius 3 is 2.47 bits per heavy atom. The molecule has 0 spiro atoms. The summed E-state index contributed by atoms with van der Waals surface area (Å²) in [4.78, 5) is 15.3. The van der Waals surface area contributed by atoms with Crippen molar-refractivity contribution in [2.45, 2.75) is 24.7 Å². The summed E-state index contributed by atoms with van der Waals surface area (Å²) < 4.78 is 0. The fourth-order valence-electron chi connectivity index (χ4n) is 1.62. The standard InChI is InChI=1S/C14H21NOS/c1-4-5-10-15(2)11-14(16)12-6-8-13(17-3)9-7-12/h6-9H,4-5,10-11H2,1-3H3. The average molecular weight is 251 g/mol. The van der Waals surface area contributed by atoms with E-state index < -0.39 is 0 Å². The van der Waals surface area contributed by atoms with Crippen LogP contribution in [0.25, 0.3) is 0 Å². The Morgan fingerprint density at radius 2 is 1.94 bits per heavy atom. The van der Waals surface area contributed by atoms with Gasteiger partial charge in [0.1, 0.15) is 0 Å². The van der Waals surface area contributed by atoms with Crippen LogP contribution in [0.5, 0.6) is 0 Å². The van der Waals surface area contributed by atoms with Gasteiger partial charge in [0.05, 0.1) is 6.54 Å². The lowest BCUT2D eigenvalue weighted by molar-refractivity contribution is 0.0945. The van der Waals surface area contributed by atoms with E-state index >= 15 is 0 Å². The van der Waals surface area contributed by atoms with Crippen molar-refractivity contribution >= 4 is 17.5 Å². The lowest BCUT2D eigenvalue weighted by Gasteiger charge is -2.15. The third-order valence-electron chi connectivity index (χ3n) is 2.72. The van der Waals surface area contributed by atoms with Gasteiger partial charge in [0.25, 0.3) is 0 Å². The smallest absolute Gasteiger partial charge is 0.176 e. The van der Waals surface area contributed by atoms with Crippen LogP contribution in [0.2, 0.25) is 0 Å². The summed E-state index contributed by atoms with van der Waals surface area (Å²) in [7, 11) is 2.00. The van der Waals surface area contributed by atoms with Gasteiger partial charge in [-0.25, -0.2) is 0 Å². The van der Waals surface area contributed by atoms with Crippen LogP contribution >= 0.6 is 11.8 Å². The van der Waals surface area contributed by atoms with Crippen molar-refractivity contribution in [3.05, 3.63) is 29.8 Å². The molecule has 1 rings (SSSR count). The van der Waals surface area contributed by atoms with Crippen LogP contribution in [0.15, 0.2) is 29.2 Å². The molecule has 17 heavy (non-hydrogen) atoms. The fraction of sp³-hybridized carbons (Fsp3) is 0.500. The number of unbranched alkanes of at least 4 members (excludes halogenated alkanes) is 1. The normalized spacial score (nSPS) is 10.8. The first kappa shape index (κ1) is 14.3. The molecule has 0 unspecified atom stereocenters. The van der Waals surface area contributed by atoms with Gasteiger partial charge in [0.2, 0.25) is 0 Å². The number of hydrogen-bond acceptors (Lipinski definition) is 3. The van der Waals surface area contributed by atoms with Crippen molar-refractivity contribution in [2.24, 2.45) is 0 Å². The second-order valence-electron chi connectivity index (χ2n) is 4.24. The molecule has 1 aromatic carbocycles. The Hall–Kier alpha value is -0.800. The highest BCUT2D eigenvalue weighted by Gasteiger charge is 2.08. The molecule has 0 saturated heterocycles. The minimum atomic E-state index is 0.205. The van der Waals surface area contributed by atoms with Crippen molar-refractivity contribution in [3.8, 4) is 0 Å². The number of nitrogens with zero attached hydrogens (tertiary/aromatic N) is 1. The Labute approximate surface area is 108 Å². The quantitative estimate of drug-likeness (QED) is 0.547. The molecule has 2 nitrogen and oxygen atoms in total. The maximum atomic E-state index is 12.0. The summed E-state index contributed by atoms with van der Waals surface area (Å²) >= 11 is 1.69. The molecule has 0 aliphatic heterocycles. The third kappa shape index (κ3) is 4.92. The highest BCUT2D eigenvalue weighted by Crippen LogP contribution is 2.15. The van der Waals surface area contributed by atoms with Gasteiger partial charge in [-0.1, -0.05) is 25.5 Å². The first-order valence-electron chi connectivity index (χ1n) is 6.03. The van der Waals surface area contributed by atoms with Crippen molar-refractivity contribution in [1.82, 2.24) is 4.90 Å². The number of Topliss-reactive ketones (excluding diaryl/α,β-unsaturated/α-hetero) is 1. The molecule has 1 aromatic rings. The van der Waals surface area contributed by atoms with Crippen LogP contribution in [0, 0.1) is 0 Å². The van der Waals surface area contributed by atoms with Crippen molar-refractivity contribution in [1.29, 1.82) is 0 Å². The molecule has 0 aliphatic carbocycles. The molecule has 94 valence electrons. The molecule has 0 aliphatic rings. The van der Waals surface area contributed by atoms with E-state index in [1.807, 2.05) is 37.6 Å². The number of rotatable bonds is 7. The number of ketones is 1. The zero-order chi connectivity index (χ0) is 12.7. The number of thioether (sulfide) groups is 1. The Balaban J connectivity index is 2.51. The molecule has 0 saturated carbocycles. The predicted molar refractivity (Wildman–Crippen MR) is 75.0 cm³/mol. The molecular formula is C14H21NOS. The molecule has 0 heterocycles. The number of likely N-dealkylation sites (N-methyl/N-ethyl adjacent to an activating group) is 1. The predicted octanol–water partition coefficient (Wildman–Crippen LogP) is 3.32. The van der Waals surface area contributed by atoms with E-state index in [2.05, 4.69) is 11.8 Å². The van der Waals surface area contributed by atoms with E-state index in [9.17, 15) is 4.79 Å². The van der Waals surface area contributed by atoms with Crippen molar-refractivity contribution < 1.29 is 4.79 Å². The van der Waals surface area contributed by atoms with Crippen molar-refractivity contribution in [3.63, 3.8) is 0 Å². The zero-order valence-corrected chi connectivity index (χ0v) is 11.7. The van der Waals surface area contributed by atoms with Crippen LogP contribution in [0.1, 0.15) is 30.1 Å². The summed E-state index contributed by atoms with van der Waals surface area (Å²) in [5, 5.41) is 0. The molecule has 0 aromatic heterocycles. The summed E-state index contributed by atoms with van der Waals surface area (Å²) in [6.07, 6.45) is 4.35. The third-order valence-corrected chi connectivity index (χ3v) is 3.46. The van der Waals surface area contributed by atoms with E-state index in [1.165, 1.54) is 11.3 Å². The van der Waals surface area contributed by atoms with Gasteiger partial charge in [0.15, 0.2) is 5.78 Å². The molecule has 3 heteroatoms. The second-order valence-corrected chi connectivity index (χ2v) is 5.12. The van der Waals surface area contributed by atoms with Gasteiger partial charge in [-0.05, 0) is 38.4 Å². The van der Waals surface area contributed by atoms with Gasteiger partial charge in [0, 0.05) is 10.5 Å². The zero-order valence-electron chi connectivity index (χ0n) is 10.9.